The number of imidazole rings is 2. The number of hydrogen-bond donors (Lipinski definition) is 0. The highest BCUT2D eigenvalue weighted by atomic mass is 15.2. The fourth-order valence-corrected chi connectivity index (χ4v) is 3.64. The van der Waals surface area contributed by atoms with Crippen LogP contribution in [-0.2, 0) is 13.6 Å². The first-order chi connectivity index (χ1) is 11.7. The van der Waals surface area contributed by atoms with Gasteiger partial charge < -0.3 is 14.0 Å². The maximum atomic E-state index is 4.52. The summed E-state index contributed by atoms with van der Waals surface area (Å²) in [5, 5.41) is 0. The summed E-state index contributed by atoms with van der Waals surface area (Å²) in [6, 6.07) is 8.66. The Hall–Kier alpha value is -2.56. The van der Waals surface area contributed by atoms with Gasteiger partial charge in [0.2, 0.25) is 0 Å². The fourth-order valence-electron chi connectivity index (χ4n) is 3.64. The summed E-state index contributed by atoms with van der Waals surface area (Å²) >= 11 is 0. The number of rotatable bonds is 4. The van der Waals surface area contributed by atoms with Gasteiger partial charge in [0.15, 0.2) is 11.6 Å². The van der Waals surface area contributed by atoms with Gasteiger partial charge in [-0.05, 0) is 30.9 Å². The van der Waals surface area contributed by atoms with Crippen LogP contribution in [0.5, 0.6) is 0 Å². The third-order valence-electron chi connectivity index (χ3n) is 4.93. The Balaban J connectivity index is 1.49. The molecule has 0 bridgehead atoms. The predicted octanol–water partition coefficient (Wildman–Crippen LogP) is 3.12. The number of aromatic nitrogens is 4. The summed E-state index contributed by atoms with van der Waals surface area (Å²) < 4.78 is 4.27. The maximum Gasteiger partial charge on any atom is 0.176 e. The third-order valence-corrected chi connectivity index (χ3v) is 4.93. The van der Waals surface area contributed by atoms with Crippen molar-refractivity contribution >= 4 is 5.69 Å². The van der Waals surface area contributed by atoms with Crippen LogP contribution in [0.3, 0.4) is 0 Å². The average molecular weight is 321 g/mol. The largest absolute Gasteiger partial charge is 0.371 e. The molecule has 24 heavy (non-hydrogen) atoms. The molecular formula is C19H23N5. The van der Waals surface area contributed by atoms with Crippen LogP contribution in [0.4, 0.5) is 5.69 Å². The molecule has 0 saturated carbocycles. The Kier molecular flexibility index (Phi) is 3.84. The molecule has 0 aliphatic carbocycles. The molecule has 1 saturated heterocycles. The van der Waals surface area contributed by atoms with Gasteiger partial charge in [-0.15, -0.1) is 0 Å². The Bertz CT molecular complexity index is 832. The van der Waals surface area contributed by atoms with Crippen molar-refractivity contribution in [3.05, 3.63) is 54.6 Å². The first-order valence-electron chi connectivity index (χ1n) is 8.52. The molecular weight excluding hydrogens is 298 g/mol. The standard InChI is InChI=1S/C19H23N5/c1-15-5-3-4-6-17(15)23-10-7-16(13-23)14-24-12-9-21-19(24)18-20-8-11-22(18)2/h3-6,8-9,11-12,16H,7,10,13-14H2,1-2H3. The molecule has 124 valence electrons. The number of para-hydroxylation sites is 1. The Morgan fingerprint density at radius 1 is 1.08 bits per heavy atom. The van der Waals surface area contributed by atoms with Crippen LogP contribution in [0.1, 0.15) is 12.0 Å². The topological polar surface area (TPSA) is 38.9 Å². The van der Waals surface area contributed by atoms with Crippen molar-refractivity contribution in [1.29, 1.82) is 0 Å². The van der Waals surface area contributed by atoms with Gasteiger partial charge in [-0.2, -0.15) is 0 Å². The summed E-state index contributed by atoms with van der Waals surface area (Å²) in [5.41, 5.74) is 2.73. The van der Waals surface area contributed by atoms with Crippen molar-refractivity contribution in [1.82, 2.24) is 19.1 Å². The Labute approximate surface area is 142 Å². The van der Waals surface area contributed by atoms with E-state index in [1.54, 1.807) is 0 Å². The molecule has 5 heteroatoms. The third kappa shape index (κ3) is 2.70. The zero-order valence-corrected chi connectivity index (χ0v) is 14.3. The molecule has 1 atom stereocenters. The van der Waals surface area contributed by atoms with Gasteiger partial charge in [-0.3, -0.25) is 0 Å². The zero-order valence-electron chi connectivity index (χ0n) is 14.3. The van der Waals surface area contributed by atoms with Crippen molar-refractivity contribution in [3.63, 3.8) is 0 Å². The minimum atomic E-state index is 0.637. The molecule has 1 aromatic carbocycles. The van der Waals surface area contributed by atoms with E-state index in [-0.39, 0.29) is 0 Å². The molecule has 0 spiro atoms. The van der Waals surface area contributed by atoms with Crippen molar-refractivity contribution < 1.29 is 0 Å². The number of hydrogen-bond acceptors (Lipinski definition) is 3. The van der Waals surface area contributed by atoms with Crippen LogP contribution in [0, 0.1) is 12.8 Å². The van der Waals surface area contributed by atoms with Crippen LogP contribution in [-0.4, -0.2) is 32.2 Å². The highest BCUT2D eigenvalue weighted by molar-refractivity contribution is 5.53. The molecule has 1 aliphatic rings. The lowest BCUT2D eigenvalue weighted by atomic mass is 10.1. The SMILES string of the molecule is Cc1ccccc1N1CCC(Cn2ccnc2-c2nccn2C)C1. The minimum absolute atomic E-state index is 0.637. The van der Waals surface area contributed by atoms with Crippen molar-refractivity contribution in [2.45, 2.75) is 19.9 Å². The molecule has 1 unspecified atom stereocenters. The fraction of sp³-hybridized carbons (Fsp3) is 0.368. The highest BCUT2D eigenvalue weighted by Gasteiger charge is 2.25. The molecule has 3 heterocycles. The molecule has 4 rings (SSSR count). The molecule has 0 amide bonds. The summed E-state index contributed by atoms with van der Waals surface area (Å²) in [4.78, 5) is 11.5. The van der Waals surface area contributed by atoms with Gasteiger partial charge in [0, 0.05) is 57.2 Å². The first-order valence-corrected chi connectivity index (χ1v) is 8.52. The van der Waals surface area contributed by atoms with E-state index in [1.807, 2.05) is 30.2 Å². The summed E-state index contributed by atoms with van der Waals surface area (Å²) in [6.07, 6.45) is 8.94. The lowest BCUT2D eigenvalue weighted by Crippen LogP contribution is -2.22. The number of aryl methyl sites for hydroxylation is 2. The monoisotopic (exact) mass is 321 g/mol. The van der Waals surface area contributed by atoms with Gasteiger partial charge >= 0.3 is 0 Å². The van der Waals surface area contributed by atoms with Gasteiger partial charge in [0.05, 0.1) is 0 Å². The second-order valence-electron chi connectivity index (χ2n) is 6.65. The molecule has 1 aliphatic heterocycles. The van der Waals surface area contributed by atoms with Crippen LogP contribution in [0.2, 0.25) is 0 Å². The van der Waals surface area contributed by atoms with Gasteiger partial charge in [-0.1, -0.05) is 18.2 Å². The molecule has 0 radical (unpaired) electrons. The smallest absolute Gasteiger partial charge is 0.176 e. The summed E-state index contributed by atoms with van der Waals surface area (Å²) in [6.45, 7) is 5.41. The van der Waals surface area contributed by atoms with Crippen molar-refractivity contribution in [3.8, 4) is 11.6 Å². The van der Waals surface area contributed by atoms with Crippen molar-refractivity contribution in [2.75, 3.05) is 18.0 Å². The normalized spacial score (nSPS) is 17.6. The maximum absolute atomic E-state index is 4.52. The van der Waals surface area contributed by atoms with Crippen LogP contribution >= 0.6 is 0 Å². The zero-order chi connectivity index (χ0) is 16.5. The molecule has 5 nitrogen and oxygen atoms in total. The number of benzene rings is 1. The van der Waals surface area contributed by atoms with Crippen LogP contribution < -0.4 is 4.90 Å². The quantitative estimate of drug-likeness (QED) is 0.741. The number of nitrogens with zero attached hydrogens (tertiary/aromatic N) is 5. The van der Waals surface area contributed by atoms with E-state index in [0.717, 1.165) is 31.3 Å². The van der Waals surface area contributed by atoms with Crippen LogP contribution in [0.15, 0.2) is 49.1 Å². The average Bonchev–Trinajstić information content (AvgIpc) is 3.30. The lowest BCUT2D eigenvalue weighted by molar-refractivity contribution is 0.487. The van der Waals surface area contributed by atoms with Gasteiger partial charge in [-0.25, -0.2) is 9.97 Å². The first kappa shape index (κ1) is 15.0. The van der Waals surface area contributed by atoms with Gasteiger partial charge in [0.25, 0.3) is 0 Å². The highest BCUT2D eigenvalue weighted by Crippen LogP contribution is 2.28. The minimum Gasteiger partial charge on any atom is -0.371 e. The number of anilines is 1. The van der Waals surface area contributed by atoms with E-state index < -0.39 is 0 Å². The lowest BCUT2D eigenvalue weighted by Gasteiger charge is -2.21. The molecule has 2 aromatic heterocycles. The Morgan fingerprint density at radius 3 is 2.67 bits per heavy atom. The van der Waals surface area contributed by atoms with E-state index in [2.05, 4.69) is 56.8 Å². The van der Waals surface area contributed by atoms with E-state index in [4.69, 9.17) is 0 Å². The molecule has 0 N–H and O–H groups in total. The van der Waals surface area contributed by atoms with Crippen molar-refractivity contribution in [2.24, 2.45) is 13.0 Å². The predicted molar refractivity (Wildman–Crippen MR) is 95.9 cm³/mol. The molecule has 1 fully saturated rings. The van der Waals surface area contributed by atoms with Gasteiger partial charge in [0.1, 0.15) is 0 Å². The summed E-state index contributed by atoms with van der Waals surface area (Å²) in [7, 11) is 2.01. The molecule has 3 aromatic rings. The Morgan fingerprint density at radius 2 is 1.88 bits per heavy atom. The second kappa shape index (κ2) is 6.15. The van der Waals surface area contributed by atoms with Crippen LogP contribution in [0.25, 0.3) is 11.6 Å². The van der Waals surface area contributed by atoms with E-state index in [0.29, 0.717) is 5.92 Å². The van der Waals surface area contributed by atoms with E-state index in [1.165, 1.54) is 17.7 Å². The second-order valence-corrected chi connectivity index (χ2v) is 6.65. The van der Waals surface area contributed by atoms with E-state index >= 15 is 0 Å². The van der Waals surface area contributed by atoms with E-state index in [9.17, 15) is 0 Å². The summed E-state index contributed by atoms with van der Waals surface area (Å²) in [5.74, 6) is 2.52.